The first-order chi connectivity index (χ1) is 18.1. The zero-order chi connectivity index (χ0) is 25.6. The summed E-state index contributed by atoms with van der Waals surface area (Å²) < 4.78 is 30.3. The van der Waals surface area contributed by atoms with Crippen LogP contribution in [-0.2, 0) is 0 Å². The number of hydrogen-bond acceptors (Lipinski definition) is 6. The third-order valence-electron chi connectivity index (χ3n) is 5.78. The molecular formula is C26H23F2N7OS. The Balaban J connectivity index is 0.000000301. The molecular weight excluding hydrogens is 496 g/mol. The number of nitrogens with one attached hydrogen (secondary N) is 1. The average molecular weight is 520 g/mol. The lowest BCUT2D eigenvalue weighted by atomic mass is 10.3. The van der Waals surface area contributed by atoms with E-state index in [0.29, 0.717) is 5.69 Å². The average Bonchev–Trinajstić information content (AvgIpc) is 3.71. The van der Waals surface area contributed by atoms with Crippen LogP contribution in [0.15, 0.2) is 90.6 Å². The molecule has 0 radical (unpaired) electrons. The van der Waals surface area contributed by atoms with Gasteiger partial charge in [0.2, 0.25) is 0 Å². The van der Waals surface area contributed by atoms with E-state index in [2.05, 4.69) is 30.8 Å². The van der Waals surface area contributed by atoms with E-state index in [-0.39, 0.29) is 5.91 Å². The second-order valence-electron chi connectivity index (χ2n) is 8.26. The maximum Gasteiger partial charge on any atom is 0.280 e. The minimum absolute atomic E-state index is 0.179. The van der Waals surface area contributed by atoms with Crippen LogP contribution in [0.4, 0.5) is 14.5 Å². The number of halogens is 2. The van der Waals surface area contributed by atoms with E-state index in [1.54, 1.807) is 17.2 Å². The van der Waals surface area contributed by atoms with Crippen molar-refractivity contribution in [1.29, 1.82) is 0 Å². The first kappa shape index (κ1) is 24.4. The molecule has 6 rings (SSSR count). The third kappa shape index (κ3) is 5.95. The summed E-state index contributed by atoms with van der Waals surface area (Å²) in [5.74, 6) is -1.00. The van der Waals surface area contributed by atoms with E-state index in [1.165, 1.54) is 31.1 Å². The maximum absolute atomic E-state index is 12.8. The second kappa shape index (κ2) is 11.2. The van der Waals surface area contributed by atoms with Crippen molar-refractivity contribution in [2.75, 3.05) is 18.0 Å². The predicted octanol–water partition coefficient (Wildman–Crippen LogP) is 4.92. The minimum atomic E-state index is -0.411. The highest BCUT2D eigenvalue weighted by molar-refractivity contribution is 7.98. The molecule has 0 bridgehead atoms. The second-order valence-corrected chi connectivity index (χ2v) is 9.14. The van der Waals surface area contributed by atoms with E-state index < -0.39 is 11.6 Å². The number of carbonyl (C=O) groups excluding carboxylic acids is 1. The highest BCUT2D eigenvalue weighted by atomic mass is 32.2. The largest absolute Gasteiger partial charge is 0.370 e. The van der Waals surface area contributed by atoms with Gasteiger partial charge in [-0.25, -0.2) is 23.4 Å². The predicted molar refractivity (Wildman–Crippen MR) is 138 cm³/mol. The van der Waals surface area contributed by atoms with Gasteiger partial charge in [0.1, 0.15) is 35.6 Å². The Morgan fingerprint density at radius 2 is 1.57 bits per heavy atom. The molecule has 1 fully saturated rings. The summed E-state index contributed by atoms with van der Waals surface area (Å²) in [5, 5.41) is 4.10. The summed E-state index contributed by atoms with van der Waals surface area (Å²) in [6, 6.07) is 16.1. The zero-order valence-electron chi connectivity index (χ0n) is 19.7. The van der Waals surface area contributed by atoms with Gasteiger partial charge in [-0.3, -0.25) is 13.9 Å². The molecule has 1 amide bonds. The smallest absolute Gasteiger partial charge is 0.280 e. The molecule has 4 heterocycles. The molecule has 2 aromatic carbocycles. The van der Waals surface area contributed by atoms with Crippen molar-refractivity contribution in [2.45, 2.75) is 17.7 Å². The van der Waals surface area contributed by atoms with Gasteiger partial charge in [0.15, 0.2) is 0 Å². The molecule has 37 heavy (non-hydrogen) atoms. The van der Waals surface area contributed by atoms with Crippen molar-refractivity contribution in [3.05, 3.63) is 103 Å². The molecule has 5 aromatic rings. The van der Waals surface area contributed by atoms with Crippen LogP contribution in [0.5, 0.6) is 0 Å². The monoisotopic (exact) mass is 519 g/mol. The Morgan fingerprint density at radius 1 is 0.892 bits per heavy atom. The molecule has 3 aromatic heterocycles. The number of hydrogen-bond donors (Lipinski definition) is 1. The number of imidazole rings is 1. The summed E-state index contributed by atoms with van der Waals surface area (Å²) in [6.07, 6.45) is 9.18. The highest BCUT2D eigenvalue weighted by Crippen LogP contribution is 2.22. The Hall–Kier alpha value is -4.25. The summed E-state index contributed by atoms with van der Waals surface area (Å²) in [4.78, 5) is 24.3. The first-order valence-corrected chi connectivity index (χ1v) is 12.4. The maximum atomic E-state index is 12.8. The number of fused-ring (bicyclic) bond motifs is 1. The summed E-state index contributed by atoms with van der Waals surface area (Å²) >= 11 is 1.27. The lowest BCUT2D eigenvalue weighted by molar-refractivity contribution is 0.0978. The molecule has 0 unspecified atom stereocenters. The van der Waals surface area contributed by atoms with Crippen LogP contribution < -0.4 is 9.62 Å². The lowest BCUT2D eigenvalue weighted by Gasteiger charge is -2.17. The number of pyridine rings is 1. The molecule has 1 aliphatic heterocycles. The van der Waals surface area contributed by atoms with Crippen molar-refractivity contribution in [3.63, 3.8) is 0 Å². The van der Waals surface area contributed by atoms with Gasteiger partial charge in [-0.2, -0.15) is 5.10 Å². The number of rotatable bonds is 5. The SMILES string of the molecule is Fc1ccc(F)cc1.O=C(NSc1ccc(-n2cncn2)cc1)c1cnc2ccc(N3CCCC3)cn12. The quantitative estimate of drug-likeness (QED) is 0.332. The summed E-state index contributed by atoms with van der Waals surface area (Å²) in [7, 11) is 0. The van der Waals surface area contributed by atoms with Crippen LogP contribution in [0.2, 0.25) is 0 Å². The standard InChI is InChI=1S/C20H19N7OS.C6H4F2/c28-20(24-29-17-6-3-15(4-7-17)27-14-21-13-23-27)18-11-22-19-8-5-16(12-26(18)19)25-9-1-2-10-25;7-5-1-2-6(8)4-3-5/h3-8,11-14H,1-2,9-10H2,(H,24,28);1-4H. The summed E-state index contributed by atoms with van der Waals surface area (Å²) in [5.41, 5.74) is 3.32. The van der Waals surface area contributed by atoms with Gasteiger partial charge in [0.25, 0.3) is 5.91 Å². The highest BCUT2D eigenvalue weighted by Gasteiger charge is 2.16. The van der Waals surface area contributed by atoms with Crippen LogP contribution in [-0.4, -0.2) is 43.1 Å². The van der Waals surface area contributed by atoms with E-state index >= 15 is 0 Å². The van der Waals surface area contributed by atoms with E-state index in [9.17, 15) is 13.6 Å². The van der Waals surface area contributed by atoms with Crippen molar-refractivity contribution in [2.24, 2.45) is 0 Å². The Labute approximate surface area is 216 Å². The van der Waals surface area contributed by atoms with Crippen molar-refractivity contribution in [1.82, 2.24) is 28.9 Å². The molecule has 188 valence electrons. The number of amides is 1. The van der Waals surface area contributed by atoms with E-state index in [4.69, 9.17) is 0 Å². The van der Waals surface area contributed by atoms with E-state index in [0.717, 1.165) is 59.3 Å². The fourth-order valence-corrected chi connectivity index (χ4v) is 4.48. The molecule has 8 nitrogen and oxygen atoms in total. The van der Waals surface area contributed by atoms with Gasteiger partial charge in [0.05, 0.1) is 17.6 Å². The zero-order valence-corrected chi connectivity index (χ0v) is 20.5. The molecule has 1 aliphatic rings. The van der Waals surface area contributed by atoms with Crippen LogP contribution in [0, 0.1) is 11.6 Å². The van der Waals surface area contributed by atoms with Crippen LogP contribution >= 0.6 is 11.9 Å². The van der Waals surface area contributed by atoms with Gasteiger partial charge in [-0.1, -0.05) is 0 Å². The van der Waals surface area contributed by atoms with Gasteiger partial charge in [-0.05, 0) is 85.5 Å². The van der Waals surface area contributed by atoms with E-state index in [1.807, 2.05) is 40.9 Å². The number of carbonyl (C=O) groups is 1. The Kier molecular flexibility index (Phi) is 7.41. The van der Waals surface area contributed by atoms with Crippen molar-refractivity contribution in [3.8, 4) is 5.69 Å². The topological polar surface area (TPSA) is 80.3 Å². The number of anilines is 1. The molecule has 1 saturated heterocycles. The van der Waals surface area contributed by atoms with Gasteiger partial charge < -0.3 is 4.90 Å². The number of aromatic nitrogens is 5. The fourth-order valence-electron chi connectivity index (χ4n) is 3.90. The molecule has 0 atom stereocenters. The van der Waals surface area contributed by atoms with Gasteiger partial charge >= 0.3 is 0 Å². The van der Waals surface area contributed by atoms with Crippen molar-refractivity contribution >= 4 is 29.2 Å². The molecule has 0 spiro atoms. The van der Waals surface area contributed by atoms with Crippen LogP contribution in [0.1, 0.15) is 23.3 Å². The van der Waals surface area contributed by atoms with Crippen molar-refractivity contribution < 1.29 is 13.6 Å². The molecule has 0 saturated carbocycles. The summed E-state index contributed by atoms with van der Waals surface area (Å²) in [6.45, 7) is 2.12. The van der Waals surface area contributed by atoms with Gasteiger partial charge in [0, 0.05) is 24.2 Å². The normalized spacial score (nSPS) is 12.9. The van der Waals surface area contributed by atoms with Crippen LogP contribution in [0.3, 0.4) is 0 Å². The van der Waals surface area contributed by atoms with Gasteiger partial charge in [-0.15, -0.1) is 0 Å². The minimum Gasteiger partial charge on any atom is -0.370 e. The fraction of sp³-hybridized carbons (Fsp3) is 0.154. The number of nitrogens with zero attached hydrogens (tertiary/aromatic N) is 6. The first-order valence-electron chi connectivity index (χ1n) is 11.6. The lowest BCUT2D eigenvalue weighted by Crippen LogP contribution is -2.20. The van der Waals surface area contributed by atoms with Crippen LogP contribution in [0.25, 0.3) is 11.3 Å². The Bertz CT molecular complexity index is 1440. The Morgan fingerprint density at radius 3 is 2.22 bits per heavy atom. The number of benzene rings is 2. The molecule has 0 aliphatic carbocycles. The molecule has 1 N–H and O–H groups in total. The molecule has 11 heteroatoms. The third-order valence-corrected chi connectivity index (χ3v) is 6.57.